The van der Waals surface area contributed by atoms with E-state index in [1.54, 1.807) is 12.5 Å². The van der Waals surface area contributed by atoms with Gasteiger partial charge in [-0.25, -0.2) is 4.98 Å². The fourth-order valence-corrected chi connectivity index (χ4v) is 4.43. The quantitative estimate of drug-likeness (QED) is 0.813. The number of fused-ring (bicyclic) bond motifs is 4. The van der Waals surface area contributed by atoms with Crippen molar-refractivity contribution in [2.24, 2.45) is 11.8 Å². The largest absolute Gasteiger partial charge is 0.463 e. The Labute approximate surface area is 130 Å². The lowest BCUT2D eigenvalue weighted by Gasteiger charge is -2.56. The van der Waals surface area contributed by atoms with E-state index in [9.17, 15) is 4.79 Å². The van der Waals surface area contributed by atoms with Crippen LogP contribution in [0.25, 0.3) is 11.0 Å². The summed E-state index contributed by atoms with van der Waals surface area (Å²) in [5, 5.41) is 0.950. The number of carbonyl (C=O) groups excluding carboxylic acids is 1. The fraction of sp³-hybridized carbons (Fsp3) is 0.556. The Hall–Kier alpha value is -1.68. The molecule has 2 aromatic heterocycles. The topological polar surface area (TPSA) is 46.3 Å². The zero-order valence-corrected chi connectivity index (χ0v) is 13.2. The number of piperidine rings is 3. The third kappa shape index (κ3) is 2.09. The van der Waals surface area contributed by atoms with Crippen molar-refractivity contribution in [1.29, 1.82) is 0 Å². The highest BCUT2D eigenvalue weighted by Gasteiger charge is 2.47. The van der Waals surface area contributed by atoms with Gasteiger partial charge in [0.15, 0.2) is 11.4 Å². The van der Waals surface area contributed by atoms with Gasteiger partial charge in [0.2, 0.25) is 0 Å². The molecule has 0 saturated carbocycles. The maximum Gasteiger partial charge on any atom is 0.181 e. The van der Waals surface area contributed by atoms with Crippen molar-refractivity contribution in [3.05, 3.63) is 30.3 Å². The summed E-state index contributed by atoms with van der Waals surface area (Å²) >= 11 is 0. The number of ketones is 1. The average Bonchev–Trinajstić information content (AvgIpc) is 2.98. The van der Waals surface area contributed by atoms with E-state index < -0.39 is 0 Å². The van der Waals surface area contributed by atoms with Gasteiger partial charge in [0.05, 0.1) is 12.5 Å². The molecule has 0 unspecified atom stereocenters. The van der Waals surface area contributed by atoms with E-state index in [1.165, 1.54) is 25.9 Å². The molecule has 22 heavy (non-hydrogen) atoms. The Morgan fingerprint density at radius 2 is 2.18 bits per heavy atom. The van der Waals surface area contributed by atoms with E-state index in [0.29, 0.717) is 24.0 Å². The number of carbonyl (C=O) groups is 1. The van der Waals surface area contributed by atoms with Gasteiger partial charge in [-0.1, -0.05) is 0 Å². The van der Waals surface area contributed by atoms with Crippen LogP contribution in [0.4, 0.5) is 0 Å². The first-order valence-electron chi connectivity index (χ1n) is 8.17. The second-order valence-electron chi connectivity index (χ2n) is 7.24. The van der Waals surface area contributed by atoms with Crippen LogP contribution in [0.2, 0.25) is 0 Å². The molecule has 3 aliphatic heterocycles. The summed E-state index contributed by atoms with van der Waals surface area (Å²) in [4.78, 5) is 19.6. The number of hydrogen-bond acceptors (Lipinski definition) is 4. The van der Waals surface area contributed by atoms with Crippen molar-refractivity contribution in [3.63, 3.8) is 0 Å². The molecule has 3 aliphatic rings. The zero-order chi connectivity index (χ0) is 15.3. The molecule has 116 valence electrons. The van der Waals surface area contributed by atoms with Crippen LogP contribution in [0.15, 0.2) is 29.0 Å². The Balaban J connectivity index is 1.58. The third-order valence-corrected chi connectivity index (χ3v) is 5.86. The van der Waals surface area contributed by atoms with Gasteiger partial charge in [-0.2, -0.15) is 0 Å². The highest BCUT2D eigenvalue weighted by molar-refractivity contribution is 5.97. The molecular weight excluding hydrogens is 276 g/mol. The van der Waals surface area contributed by atoms with Crippen molar-refractivity contribution in [1.82, 2.24) is 9.88 Å². The molecule has 0 aromatic carbocycles. The number of hydrogen-bond donors (Lipinski definition) is 0. The first-order valence-corrected chi connectivity index (χ1v) is 8.17. The van der Waals surface area contributed by atoms with Crippen LogP contribution in [0.3, 0.4) is 0 Å². The molecule has 5 rings (SSSR count). The first kappa shape index (κ1) is 13.9. The highest BCUT2D eigenvalue weighted by Crippen LogP contribution is 2.45. The summed E-state index contributed by atoms with van der Waals surface area (Å²) in [5.41, 5.74) is 1.43. The van der Waals surface area contributed by atoms with Crippen LogP contribution in [0, 0.1) is 11.8 Å². The van der Waals surface area contributed by atoms with Gasteiger partial charge in [0.25, 0.3) is 0 Å². The average molecular weight is 298 g/mol. The van der Waals surface area contributed by atoms with E-state index in [4.69, 9.17) is 4.42 Å². The smallest absolute Gasteiger partial charge is 0.181 e. The molecule has 2 aromatic rings. The van der Waals surface area contributed by atoms with Crippen molar-refractivity contribution < 1.29 is 9.21 Å². The maximum absolute atomic E-state index is 12.7. The molecule has 3 saturated heterocycles. The lowest BCUT2D eigenvalue weighted by Crippen LogP contribution is -2.61. The minimum atomic E-state index is 0.122. The summed E-state index contributed by atoms with van der Waals surface area (Å²) in [7, 11) is 0. The number of nitrogens with zero attached hydrogens (tertiary/aromatic N) is 2. The predicted molar refractivity (Wildman–Crippen MR) is 84.8 cm³/mol. The number of rotatable bonds is 3. The Morgan fingerprint density at radius 3 is 2.91 bits per heavy atom. The molecule has 4 nitrogen and oxygen atoms in total. The minimum absolute atomic E-state index is 0.122. The van der Waals surface area contributed by atoms with Crippen LogP contribution < -0.4 is 0 Å². The highest BCUT2D eigenvalue weighted by atomic mass is 16.3. The van der Waals surface area contributed by atoms with Gasteiger partial charge in [-0.15, -0.1) is 0 Å². The maximum atomic E-state index is 12.7. The Morgan fingerprint density at radius 1 is 1.41 bits per heavy atom. The molecule has 0 N–H and O–H groups in total. The van der Waals surface area contributed by atoms with Gasteiger partial charge < -0.3 is 4.42 Å². The van der Waals surface area contributed by atoms with Gasteiger partial charge in [0, 0.05) is 17.3 Å². The molecule has 0 radical (unpaired) electrons. The van der Waals surface area contributed by atoms with Crippen molar-refractivity contribution >= 4 is 16.8 Å². The lowest BCUT2D eigenvalue weighted by atomic mass is 9.65. The molecule has 0 amide bonds. The predicted octanol–water partition coefficient (Wildman–Crippen LogP) is 3.52. The summed E-state index contributed by atoms with van der Waals surface area (Å²) < 4.78 is 5.30. The molecule has 0 aliphatic carbocycles. The van der Waals surface area contributed by atoms with Gasteiger partial charge in [-0.3, -0.25) is 9.69 Å². The fourth-order valence-electron chi connectivity index (χ4n) is 4.43. The van der Waals surface area contributed by atoms with Crippen LogP contribution in [-0.2, 0) is 0 Å². The van der Waals surface area contributed by atoms with Crippen LogP contribution in [0.5, 0.6) is 0 Å². The lowest BCUT2D eigenvalue weighted by molar-refractivity contribution is -0.0644. The minimum Gasteiger partial charge on any atom is -0.463 e. The molecule has 1 atom stereocenters. The van der Waals surface area contributed by atoms with Crippen LogP contribution in [0.1, 0.15) is 43.6 Å². The van der Waals surface area contributed by atoms with E-state index in [2.05, 4.69) is 23.7 Å². The first-order chi connectivity index (χ1) is 10.6. The number of Topliss-reactive ketones (excluding diaryl/α,β-unsaturated/α-hetero) is 1. The zero-order valence-electron chi connectivity index (χ0n) is 13.2. The molecule has 3 fully saturated rings. The second kappa shape index (κ2) is 4.92. The van der Waals surface area contributed by atoms with Gasteiger partial charge in [0.1, 0.15) is 5.69 Å². The van der Waals surface area contributed by atoms with E-state index in [0.717, 1.165) is 11.0 Å². The standard InChI is InChI=1S/C18H22N2O2/c1-18(2)14(12-3-6-20(18)7-4-12)10-16(21)15-9-13-5-8-22-17(13)11-19-15/h5,8-9,11-12,14H,3-4,6-7,10H2,1-2H3/t14-/m1/s1. The van der Waals surface area contributed by atoms with E-state index in [1.807, 2.05) is 12.1 Å². The number of furan rings is 1. The number of pyridine rings is 1. The summed E-state index contributed by atoms with van der Waals surface area (Å²) in [6.45, 7) is 6.95. The SMILES string of the molecule is CC1(C)[C@H](CC(=O)c2cc3ccoc3cn2)C2CCN1CC2. The van der Waals surface area contributed by atoms with Gasteiger partial charge in [-0.05, 0) is 63.7 Å². The molecule has 4 heteroatoms. The van der Waals surface area contributed by atoms with Crippen molar-refractivity contribution in [3.8, 4) is 0 Å². The van der Waals surface area contributed by atoms with Crippen LogP contribution >= 0.6 is 0 Å². The summed E-state index contributed by atoms with van der Waals surface area (Å²) in [6.07, 6.45) is 6.36. The molecule has 5 heterocycles. The van der Waals surface area contributed by atoms with Gasteiger partial charge >= 0.3 is 0 Å². The summed E-state index contributed by atoms with van der Waals surface area (Å²) in [6, 6.07) is 3.74. The second-order valence-corrected chi connectivity index (χ2v) is 7.24. The Kier molecular flexibility index (Phi) is 3.12. The monoisotopic (exact) mass is 298 g/mol. The van der Waals surface area contributed by atoms with E-state index >= 15 is 0 Å². The summed E-state index contributed by atoms with van der Waals surface area (Å²) in [5.74, 6) is 1.28. The Bertz CT molecular complexity index is 711. The number of aromatic nitrogens is 1. The van der Waals surface area contributed by atoms with Crippen LogP contribution in [-0.4, -0.2) is 34.3 Å². The van der Waals surface area contributed by atoms with Crippen molar-refractivity contribution in [2.75, 3.05) is 13.1 Å². The van der Waals surface area contributed by atoms with Crippen molar-refractivity contribution in [2.45, 2.75) is 38.6 Å². The molecule has 2 bridgehead atoms. The molecular formula is C18H22N2O2. The third-order valence-electron chi connectivity index (χ3n) is 5.86. The van der Waals surface area contributed by atoms with E-state index in [-0.39, 0.29) is 11.3 Å². The normalized spacial score (nSPS) is 29.8. The molecule has 0 spiro atoms.